The molecule has 0 fully saturated rings. The Bertz CT molecular complexity index is 598. The molecule has 1 aromatic heterocycles. The monoisotopic (exact) mass is 307 g/mol. The lowest BCUT2D eigenvalue weighted by Crippen LogP contribution is -2.23. The molecule has 21 heavy (non-hydrogen) atoms. The van der Waals surface area contributed by atoms with Crippen LogP contribution in [0.25, 0.3) is 11.4 Å². The van der Waals surface area contributed by atoms with Gasteiger partial charge in [-0.05, 0) is 46.4 Å². The fourth-order valence-corrected chi connectivity index (χ4v) is 2.83. The largest absolute Gasteiger partial charge is 0.398 e. The number of rotatable bonds is 5. The first-order valence-corrected chi connectivity index (χ1v) is 7.59. The molecule has 2 rings (SSSR count). The Kier molecular flexibility index (Phi) is 4.83. The summed E-state index contributed by atoms with van der Waals surface area (Å²) >= 11 is 5.95. The lowest BCUT2D eigenvalue weighted by atomic mass is 9.85. The smallest absolute Gasteiger partial charge is 0.184 e. The van der Waals surface area contributed by atoms with Crippen LogP contribution in [0.3, 0.4) is 0 Å². The molecule has 0 bridgehead atoms. The molecule has 6 heteroatoms. The molecule has 2 aromatic rings. The van der Waals surface area contributed by atoms with Crippen molar-refractivity contribution >= 4 is 17.3 Å². The molecule has 0 aliphatic carbocycles. The van der Waals surface area contributed by atoms with E-state index in [0.717, 1.165) is 12.1 Å². The lowest BCUT2D eigenvalue weighted by Gasteiger charge is -2.24. The summed E-state index contributed by atoms with van der Waals surface area (Å²) in [5.74, 6) is 2.31. The van der Waals surface area contributed by atoms with Crippen LogP contribution in [0.4, 0.5) is 5.69 Å². The van der Waals surface area contributed by atoms with Crippen molar-refractivity contribution < 1.29 is 0 Å². The summed E-state index contributed by atoms with van der Waals surface area (Å²) in [6.45, 7) is 9.69. The van der Waals surface area contributed by atoms with Gasteiger partial charge in [-0.3, -0.25) is 0 Å². The molecular weight excluding hydrogens is 286 g/mol. The van der Waals surface area contributed by atoms with Crippen LogP contribution in [-0.2, 0) is 6.54 Å². The molecule has 1 heterocycles. The Morgan fingerprint density at radius 2 is 1.86 bits per heavy atom. The minimum absolute atomic E-state index is 0.501. The standard InChI is InChI=1S/C15H22ClN5/c1-9(2)13(10(3)4)8-21-15(18-19-20-21)12-6-5-11(16)7-14(12)17/h5-7,9-10,13H,8,17H2,1-4H3. The molecular formula is C15H22ClN5. The normalized spacial score (nSPS) is 11.8. The van der Waals surface area contributed by atoms with Crippen LogP contribution in [0.5, 0.6) is 0 Å². The van der Waals surface area contributed by atoms with E-state index in [2.05, 4.69) is 43.2 Å². The predicted molar refractivity (Wildman–Crippen MR) is 85.8 cm³/mol. The van der Waals surface area contributed by atoms with Crippen molar-refractivity contribution in [3.63, 3.8) is 0 Å². The minimum Gasteiger partial charge on any atom is -0.398 e. The fourth-order valence-electron chi connectivity index (χ4n) is 2.65. The van der Waals surface area contributed by atoms with E-state index in [1.165, 1.54) is 0 Å². The van der Waals surface area contributed by atoms with Crippen molar-refractivity contribution in [1.29, 1.82) is 0 Å². The Hall–Kier alpha value is -1.62. The summed E-state index contributed by atoms with van der Waals surface area (Å²) in [6, 6.07) is 5.38. The number of benzene rings is 1. The molecule has 0 atom stereocenters. The molecule has 114 valence electrons. The van der Waals surface area contributed by atoms with Gasteiger partial charge in [0.25, 0.3) is 0 Å². The third-order valence-corrected chi connectivity index (χ3v) is 4.12. The van der Waals surface area contributed by atoms with Crippen molar-refractivity contribution in [1.82, 2.24) is 20.2 Å². The molecule has 0 amide bonds. The second-order valence-electron chi connectivity index (χ2n) is 6.07. The highest BCUT2D eigenvalue weighted by molar-refractivity contribution is 6.31. The number of aromatic nitrogens is 4. The van der Waals surface area contributed by atoms with Crippen molar-refractivity contribution in [3.05, 3.63) is 23.2 Å². The van der Waals surface area contributed by atoms with Gasteiger partial charge >= 0.3 is 0 Å². The second-order valence-corrected chi connectivity index (χ2v) is 6.50. The van der Waals surface area contributed by atoms with E-state index in [-0.39, 0.29) is 0 Å². The summed E-state index contributed by atoms with van der Waals surface area (Å²) in [5.41, 5.74) is 7.44. The zero-order chi connectivity index (χ0) is 15.6. The number of halogens is 1. The quantitative estimate of drug-likeness (QED) is 0.858. The molecule has 0 saturated carbocycles. The topological polar surface area (TPSA) is 69.6 Å². The Morgan fingerprint density at radius 3 is 2.43 bits per heavy atom. The van der Waals surface area contributed by atoms with E-state index in [4.69, 9.17) is 17.3 Å². The highest BCUT2D eigenvalue weighted by atomic mass is 35.5. The SMILES string of the molecule is CC(C)C(Cn1nnnc1-c1ccc(Cl)cc1N)C(C)C. The van der Waals surface area contributed by atoms with Gasteiger partial charge in [-0.2, -0.15) is 0 Å². The predicted octanol–water partition coefficient (Wildman–Crippen LogP) is 3.50. The zero-order valence-electron chi connectivity index (χ0n) is 12.9. The summed E-state index contributed by atoms with van der Waals surface area (Å²) in [7, 11) is 0. The van der Waals surface area contributed by atoms with Gasteiger partial charge in [0.1, 0.15) is 0 Å². The lowest BCUT2D eigenvalue weighted by molar-refractivity contribution is 0.242. The van der Waals surface area contributed by atoms with Crippen molar-refractivity contribution in [2.24, 2.45) is 17.8 Å². The van der Waals surface area contributed by atoms with E-state index in [1.54, 1.807) is 12.1 Å². The van der Waals surface area contributed by atoms with Gasteiger partial charge < -0.3 is 5.73 Å². The van der Waals surface area contributed by atoms with E-state index < -0.39 is 0 Å². The van der Waals surface area contributed by atoms with Gasteiger partial charge in [-0.25, -0.2) is 4.68 Å². The van der Waals surface area contributed by atoms with E-state index in [0.29, 0.717) is 34.3 Å². The first kappa shape index (κ1) is 15.8. The van der Waals surface area contributed by atoms with Gasteiger partial charge in [-0.15, -0.1) is 5.10 Å². The summed E-state index contributed by atoms with van der Waals surface area (Å²) in [6.07, 6.45) is 0. The first-order chi connectivity index (χ1) is 9.90. The van der Waals surface area contributed by atoms with Gasteiger partial charge in [-0.1, -0.05) is 39.3 Å². The highest BCUT2D eigenvalue weighted by Gasteiger charge is 2.21. The van der Waals surface area contributed by atoms with Gasteiger partial charge in [0.15, 0.2) is 5.82 Å². The molecule has 0 aliphatic rings. The number of nitrogens with zero attached hydrogens (tertiary/aromatic N) is 4. The third-order valence-electron chi connectivity index (χ3n) is 3.88. The zero-order valence-corrected chi connectivity index (χ0v) is 13.7. The van der Waals surface area contributed by atoms with E-state index in [1.807, 2.05) is 10.7 Å². The Labute approximate surface area is 130 Å². The fraction of sp³-hybridized carbons (Fsp3) is 0.533. The number of tetrazole rings is 1. The molecule has 0 spiro atoms. The minimum atomic E-state index is 0.501. The van der Waals surface area contributed by atoms with Gasteiger partial charge in [0, 0.05) is 22.8 Å². The molecule has 0 saturated heterocycles. The van der Waals surface area contributed by atoms with Crippen molar-refractivity contribution in [2.45, 2.75) is 34.2 Å². The van der Waals surface area contributed by atoms with Crippen LogP contribution < -0.4 is 5.73 Å². The number of hydrogen-bond donors (Lipinski definition) is 1. The van der Waals surface area contributed by atoms with E-state index in [9.17, 15) is 0 Å². The molecule has 0 aliphatic heterocycles. The second kappa shape index (κ2) is 6.43. The first-order valence-electron chi connectivity index (χ1n) is 7.21. The van der Waals surface area contributed by atoms with Gasteiger partial charge in [0.05, 0.1) is 0 Å². The molecule has 0 radical (unpaired) electrons. The number of anilines is 1. The highest BCUT2D eigenvalue weighted by Crippen LogP contribution is 2.28. The molecule has 1 aromatic carbocycles. The van der Waals surface area contributed by atoms with Crippen molar-refractivity contribution in [2.75, 3.05) is 5.73 Å². The maximum atomic E-state index is 6.04. The Balaban J connectivity index is 2.34. The average molecular weight is 308 g/mol. The molecule has 2 N–H and O–H groups in total. The van der Waals surface area contributed by atoms with Crippen LogP contribution >= 0.6 is 11.6 Å². The molecule has 0 unspecified atom stereocenters. The van der Waals surface area contributed by atoms with Gasteiger partial charge in [0.2, 0.25) is 0 Å². The van der Waals surface area contributed by atoms with Crippen LogP contribution in [0.2, 0.25) is 5.02 Å². The number of nitrogens with two attached hydrogens (primary N) is 1. The number of hydrogen-bond acceptors (Lipinski definition) is 4. The summed E-state index contributed by atoms with van der Waals surface area (Å²) < 4.78 is 1.84. The number of nitrogen functional groups attached to an aromatic ring is 1. The Morgan fingerprint density at radius 1 is 1.19 bits per heavy atom. The summed E-state index contributed by atoms with van der Waals surface area (Å²) in [4.78, 5) is 0. The van der Waals surface area contributed by atoms with E-state index >= 15 is 0 Å². The maximum absolute atomic E-state index is 6.04. The average Bonchev–Trinajstić information content (AvgIpc) is 2.83. The van der Waals surface area contributed by atoms with Crippen molar-refractivity contribution in [3.8, 4) is 11.4 Å². The maximum Gasteiger partial charge on any atom is 0.184 e. The van der Waals surface area contributed by atoms with Crippen LogP contribution in [0, 0.1) is 17.8 Å². The van der Waals surface area contributed by atoms with Crippen LogP contribution in [0.15, 0.2) is 18.2 Å². The third kappa shape index (κ3) is 3.53. The molecule has 5 nitrogen and oxygen atoms in total. The van der Waals surface area contributed by atoms with Crippen LogP contribution in [0.1, 0.15) is 27.7 Å². The summed E-state index contributed by atoms with van der Waals surface area (Å²) in [5, 5.41) is 12.7. The van der Waals surface area contributed by atoms with Crippen LogP contribution in [-0.4, -0.2) is 20.2 Å².